The third-order valence-electron chi connectivity index (χ3n) is 24.0. The molecule has 506 valence electrons. The zero-order chi connectivity index (χ0) is 71.3. The predicted octanol–water partition coefficient (Wildman–Crippen LogP) is 21.2. The van der Waals surface area contributed by atoms with Gasteiger partial charge in [-0.1, -0.05) is 180 Å². The Bertz CT molecular complexity index is 2830. The van der Waals surface area contributed by atoms with Crippen molar-refractivity contribution in [1.82, 2.24) is 24.5 Å². The van der Waals surface area contributed by atoms with Crippen LogP contribution in [0.2, 0.25) is 0 Å². The molecule has 0 unspecified atom stereocenters. The zero-order valence-corrected chi connectivity index (χ0v) is 66.6. The van der Waals surface area contributed by atoms with Crippen LogP contribution in [0, 0.1) is 37.9 Å². The Hall–Kier alpha value is -4.27. The van der Waals surface area contributed by atoms with Crippen LogP contribution < -0.4 is 0 Å². The molecule has 89 heavy (non-hydrogen) atoms. The van der Waals surface area contributed by atoms with Gasteiger partial charge in [0.15, 0.2) is 11.8 Å². The Balaban J connectivity index is 0.000000519. The van der Waals surface area contributed by atoms with E-state index in [1.54, 1.807) is 23.5 Å². The van der Waals surface area contributed by atoms with Crippen LogP contribution in [0.15, 0.2) is 141 Å². The molecule has 0 radical (unpaired) electrons. The number of allylic oxidation sites excluding steroid dienone is 1. The quantitative estimate of drug-likeness (QED) is 0.234. The second kappa shape index (κ2) is 27.0. The van der Waals surface area contributed by atoms with E-state index in [2.05, 4.69) is 318 Å². The first-order valence-corrected chi connectivity index (χ1v) is 33.8. The molecule has 0 aromatic carbocycles. The maximum Gasteiger partial charge on any atom is 0.188 e. The molecule has 14 heteroatoms. The zero-order valence-electron chi connectivity index (χ0n) is 64.1. The fourth-order valence-electron chi connectivity index (χ4n) is 9.91. The summed E-state index contributed by atoms with van der Waals surface area (Å²) in [6.07, 6.45) is 0. The van der Waals surface area contributed by atoms with Crippen LogP contribution in [-0.2, 0) is 9.47 Å². The van der Waals surface area contributed by atoms with Gasteiger partial charge in [0.05, 0.1) is 31.7 Å². The van der Waals surface area contributed by atoms with E-state index in [0.29, 0.717) is 11.8 Å². The lowest BCUT2D eigenvalue weighted by Gasteiger charge is -2.58. The molecule has 0 saturated carbocycles. The molecule has 0 atom stereocenters. The van der Waals surface area contributed by atoms with E-state index in [9.17, 15) is 0 Å². The van der Waals surface area contributed by atoms with E-state index in [1.807, 2.05) is 60.6 Å². The molecule has 0 amide bonds. The van der Waals surface area contributed by atoms with Crippen LogP contribution >= 0.6 is 35.3 Å². The number of ether oxygens (including phenoxy) is 2. The van der Waals surface area contributed by atoms with Crippen molar-refractivity contribution < 1.29 is 9.47 Å². The van der Waals surface area contributed by atoms with Crippen molar-refractivity contribution in [2.75, 3.05) is 35.2 Å². The summed E-state index contributed by atoms with van der Waals surface area (Å²) in [5.41, 5.74) is 3.45. The smallest absolute Gasteiger partial charge is 0.188 e. The van der Waals surface area contributed by atoms with E-state index < -0.39 is 0 Å². The molecule has 3 saturated heterocycles. The number of nitrogens with zero attached hydrogens (tertiary/aromatic N) is 9. The first-order chi connectivity index (χ1) is 39.1. The van der Waals surface area contributed by atoms with Gasteiger partial charge in [0.25, 0.3) is 0 Å². The molecular formula is C75H131N9O2S3. The lowest BCUT2D eigenvalue weighted by molar-refractivity contribution is -0.0460. The van der Waals surface area contributed by atoms with Gasteiger partial charge in [0.2, 0.25) is 0 Å². The van der Waals surface area contributed by atoms with Gasteiger partial charge in [-0.05, 0) is 134 Å². The van der Waals surface area contributed by atoms with Crippen molar-refractivity contribution in [3.05, 3.63) is 121 Å². The molecule has 0 N–H and O–H groups in total. The molecule has 7 aliphatic rings. The highest BCUT2D eigenvalue weighted by Gasteiger charge is 2.52. The summed E-state index contributed by atoms with van der Waals surface area (Å²) in [4.78, 5) is 31.3. The van der Waals surface area contributed by atoms with Gasteiger partial charge < -0.3 is 34.0 Å². The highest BCUT2D eigenvalue weighted by atomic mass is 32.2. The van der Waals surface area contributed by atoms with Crippen molar-refractivity contribution in [2.45, 2.75) is 260 Å². The minimum atomic E-state index is -0.119. The molecule has 0 spiro atoms. The average molecular weight is 1290 g/mol. The SMILES string of the molecule is C=C1N(C)C(=C)C(C)(C)C(C)(C)N1C.C=C1N(C)C(C)=NC(C)(C)C1(C)C.C=C1N=C(C)SC(C)(C)C1(C)C.C=C1OC(=C)C(C)(C)C(C)(C)N1C.C=C1OC(C)=NC(C)(C)C1(C)C.C=C1SC(=C)C(C)(C)C(C)(C)N1C.C=C1SC(C)=NC(C)(C)C1(C)C. The number of amidine groups is 1. The minimum Gasteiger partial charge on any atom is -0.448 e. The molecule has 11 nitrogen and oxygen atoms in total. The number of aliphatic imine (C=N–C) groups is 4. The van der Waals surface area contributed by atoms with E-state index in [4.69, 9.17) is 9.47 Å². The van der Waals surface area contributed by atoms with Gasteiger partial charge in [-0.2, -0.15) is 0 Å². The summed E-state index contributed by atoms with van der Waals surface area (Å²) < 4.78 is 11.1. The van der Waals surface area contributed by atoms with Crippen molar-refractivity contribution >= 4 is 57.1 Å². The second-order valence-corrected chi connectivity index (χ2v) is 36.6. The summed E-state index contributed by atoms with van der Waals surface area (Å²) in [6.45, 7) is 110. The van der Waals surface area contributed by atoms with Crippen LogP contribution in [0.1, 0.15) is 222 Å². The number of thioether (sulfide) groups is 3. The minimum absolute atomic E-state index is 0.0145. The molecule has 0 aliphatic carbocycles. The van der Waals surface area contributed by atoms with Gasteiger partial charge in [-0.15, -0.1) is 11.8 Å². The average Bonchev–Trinajstić information content (AvgIpc) is 0.935. The Morgan fingerprint density at radius 1 is 0.371 bits per heavy atom. The topological polar surface area (TPSA) is 84.1 Å². The number of rotatable bonds is 0. The van der Waals surface area contributed by atoms with Gasteiger partial charge in [-0.25, -0.2) is 4.99 Å². The van der Waals surface area contributed by atoms with Crippen molar-refractivity contribution in [3.63, 3.8) is 0 Å². The maximum absolute atomic E-state index is 5.49. The molecule has 7 rings (SSSR count). The molecule has 0 aromatic rings. The summed E-state index contributed by atoms with van der Waals surface area (Å²) in [7, 11) is 10.2. The standard InChI is InChI=1S/C12H22N2.C11H20N2.C11H19NO.C11H19NS.C10H17NO.2C10H17NS/c1-9-11(3,4)12(5,6)14(8)10(2)13(9)7;1-8-10(3,4)11(5,6)12-9(2)13(8)7;2*1-8-10(3,4)11(5,6)12(7)9(2)13-8;2*1-7-9(3,4)10(5,6)11-8(2)12-7;1-7-9(3,4)10(5,6)12-8(2)11-7/h1-2H2,3-8H3;1H2,2-7H3;2*1-2H2,3-7H3;3*1H2,2-6H3. The highest BCUT2D eigenvalue weighted by Crippen LogP contribution is 2.55. The van der Waals surface area contributed by atoms with Crippen molar-refractivity contribution in [1.29, 1.82) is 0 Å². The number of hydrogen-bond acceptors (Lipinski definition) is 14. The Morgan fingerprint density at radius 2 is 0.764 bits per heavy atom. The summed E-state index contributed by atoms with van der Waals surface area (Å²) in [5.74, 6) is 5.05. The van der Waals surface area contributed by atoms with Gasteiger partial charge >= 0.3 is 0 Å². The molecule has 0 bridgehead atoms. The van der Waals surface area contributed by atoms with Crippen molar-refractivity contribution in [2.24, 2.45) is 57.9 Å². The normalized spacial score (nSPS) is 26.1. The van der Waals surface area contributed by atoms with Crippen molar-refractivity contribution in [3.8, 4) is 0 Å². The Morgan fingerprint density at radius 3 is 1.20 bits per heavy atom. The molecule has 3 fully saturated rings. The van der Waals surface area contributed by atoms with Gasteiger partial charge in [0.1, 0.15) is 23.2 Å². The first kappa shape index (κ1) is 82.7. The second-order valence-electron chi connectivity index (χ2n) is 32.3. The molecule has 0 aromatic heterocycles. The molecule has 7 aliphatic heterocycles. The van der Waals surface area contributed by atoms with Crippen LogP contribution in [0.3, 0.4) is 0 Å². The summed E-state index contributed by atoms with van der Waals surface area (Å²) in [5, 5.41) is 3.35. The third kappa shape index (κ3) is 16.0. The first-order valence-electron chi connectivity index (χ1n) is 31.3. The van der Waals surface area contributed by atoms with E-state index >= 15 is 0 Å². The fourth-order valence-corrected chi connectivity index (χ4v) is 13.5. The van der Waals surface area contributed by atoms with Crippen LogP contribution in [-0.4, -0.2) is 120 Å². The third-order valence-corrected chi connectivity index (χ3v) is 27.8. The predicted molar refractivity (Wildman–Crippen MR) is 403 cm³/mol. The monoisotopic (exact) mass is 1290 g/mol. The maximum atomic E-state index is 5.49. The largest absolute Gasteiger partial charge is 0.448 e. The Labute approximate surface area is 561 Å². The van der Waals surface area contributed by atoms with E-state index in [1.165, 1.54) is 9.81 Å². The van der Waals surface area contributed by atoms with Crippen LogP contribution in [0.4, 0.5) is 0 Å². The van der Waals surface area contributed by atoms with Crippen LogP contribution in [0.5, 0.6) is 0 Å². The van der Waals surface area contributed by atoms with E-state index in [-0.39, 0.29) is 75.9 Å². The Kier molecular flexibility index (Phi) is 25.1. The van der Waals surface area contributed by atoms with Gasteiger partial charge in [0, 0.05) is 119 Å². The molecule has 7 heterocycles. The van der Waals surface area contributed by atoms with Crippen LogP contribution in [0.25, 0.3) is 0 Å². The lowest BCUT2D eigenvalue weighted by atomic mass is 9.69. The lowest BCUT2D eigenvalue weighted by Crippen LogP contribution is -2.60. The summed E-state index contributed by atoms with van der Waals surface area (Å²) in [6, 6.07) is 0. The number of hydrogen-bond donors (Lipinski definition) is 0. The van der Waals surface area contributed by atoms with E-state index in [0.717, 1.165) is 55.4 Å². The molecular weight excluding hydrogens is 1160 g/mol. The summed E-state index contributed by atoms with van der Waals surface area (Å²) >= 11 is 5.24. The highest BCUT2D eigenvalue weighted by molar-refractivity contribution is 8.17. The fraction of sp³-hybridized carbons (Fsp3) is 0.680. The van der Waals surface area contributed by atoms with Gasteiger partial charge in [-0.3, -0.25) is 15.0 Å².